The zero-order chi connectivity index (χ0) is 62.4. The van der Waals surface area contributed by atoms with E-state index in [2.05, 4.69) is 103 Å². The number of piperazine rings is 3. The van der Waals surface area contributed by atoms with Gasteiger partial charge < -0.3 is 14.7 Å². The number of benzene rings is 3. The average molecular weight is 1280 g/mol. The molecule has 468 valence electrons. The third-order valence-electron chi connectivity index (χ3n) is 17.1. The second kappa shape index (κ2) is 28.0. The standard InChI is InChI=1S/C22H26ClN8.2C21H23ClN8/c1-27-11-13-29(14-12-27)15-16-30-21-18(20(26-30)17-7-4-3-5-8-17)19(23)22(25-24-21)31-10-6-9-28(31)2;1-27-10-12-28(13-11-27)14-15-30-20-17(19(26-30)16-6-3-2-4-7-16)18(22)21(25-24-20)29-9-5-8-23-29;1-27-9-11-28(12-10-27)13-14-30-20-17(19(26-30)16-5-3-2-4-6-16)18(22)21(25-24-20)29-8-7-23-15-29/h3-10H,11-16H2,1-2H3;2-9H,10-15H2,1H3;2-8,15H,9-14H2,1H3/q+1;;. The molecule has 0 saturated carbocycles. The van der Waals surface area contributed by atoms with Crippen molar-refractivity contribution in [2.75, 3.05) is 119 Å². The largest absolute Gasteiger partial charge is 0.304 e. The molecule has 3 aromatic carbocycles. The lowest BCUT2D eigenvalue weighted by Crippen LogP contribution is -2.45. The molecule has 0 radical (unpaired) electrons. The van der Waals surface area contributed by atoms with Crippen molar-refractivity contribution < 1.29 is 4.68 Å². The van der Waals surface area contributed by atoms with Gasteiger partial charge in [0.15, 0.2) is 41.8 Å². The van der Waals surface area contributed by atoms with Gasteiger partial charge in [-0.15, -0.1) is 40.0 Å². The summed E-state index contributed by atoms with van der Waals surface area (Å²) in [5, 5.41) is 49.9. The van der Waals surface area contributed by atoms with Gasteiger partial charge in [-0.05, 0) is 27.2 Å². The maximum absolute atomic E-state index is 6.93. The maximum atomic E-state index is 6.93. The minimum absolute atomic E-state index is 0.505. The Labute approximate surface area is 542 Å². The summed E-state index contributed by atoms with van der Waals surface area (Å²) in [7, 11) is 8.45. The van der Waals surface area contributed by atoms with Crippen molar-refractivity contribution in [2.45, 2.75) is 19.6 Å². The van der Waals surface area contributed by atoms with Gasteiger partial charge in [-0.2, -0.15) is 20.4 Å². The Kier molecular flexibility index (Phi) is 18.9. The van der Waals surface area contributed by atoms with Gasteiger partial charge in [0.05, 0.1) is 47.0 Å². The van der Waals surface area contributed by atoms with E-state index in [9.17, 15) is 0 Å². The molecule has 3 aliphatic heterocycles. The maximum Gasteiger partial charge on any atom is 0.233 e. The van der Waals surface area contributed by atoms with Gasteiger partial charge in [0.1, 0.15) is 33.5 Å². The number of fused-ring (bicyclic) bond motifs is 3. The fourth-order valence-corrected chi connectivity index (χ4v) is 12.6. The van der Waals surface area contributed by atoms with E-state index in [0.717, 1.165) is 173 Å². The van der Waals surface area contributed by atoms with Crippen molar-refractivity contribution in [3.8, 4) is 51.2 Å². The molecule has 12 aromatic rings. The van der Waals surface area contributed by atoms with Crippen LogP contribution in [-0.4, -0.2) is 233 Å². The first-order valence-electron chi connectivity index (χ1n) is 30.7. The van der Waals surface area contributed by atoms with Crippen molar-refractivity contribution in [3.63, 3.8) is 0 Å². The van der Waals surface area contributed by atoms with E-state index in [-0.39, 0.29) is 0 Å². The van der Waals surface area contributed by atoms with Crippen molar-refractivity contribution in [3.05, 3.63) is 162 Å². The van der Waals surface area contributed by atoms with Gasteiger partial charge in [0.25, 0.3) is 0 Å². The lowest BCUT2D eigenvalue weighted by atomic mass is 10.1. The lowest BCUT2D eigenvalue weighted by Gasteiger charge is -2.32. The van der Waals surface area contributed by atoms with Crippen LogP contribution in [0.3, 0.4) is 0 Å². The van der Waals surface area contributed by atoms with E-state index in [0.29, 0.717) is 43.8 Å². The molecule has 0 amide bonds. The average Bonchev–Trinajstić information content (AvgIpc) is 1.68. The molecule has 3 saturated heterocycles. The number of hydrogen-bond donors (Lipinski definition) is 0. The minimum atomic E-state index is 0.505. The van der Waals surface area contributed by atoms with Crippen molar-refractivity contribution >= 4 is 67.9 Å². The Bertz CT molecular complexity index is 4150. The molecule has 91 heavy (non-hydrogen) atoms. The van der Waals surface area contributed by atoms with Gasteiger partial charge in [-0.25, -0.2) is 23.7 Å². The molecule has 0 aliphatic carbocycles. The van der Waals surface area contributed by atoms with Crippen LogP contribution >= 0.6 is 34.8 Å². The highest BCUT2D eigenvalue weighted by molar-refractivity contribution is 6.39. The van der Waals surface area contributed by atoms with E-state index in [1.807, 2.05) is 146 Å². The molecule has 0 spiro atoms. The molecule has 0 bridgehead atoms. The van der Waals surface area contributed by atoms with E-state index in [1.165, 1.54) is 0 Å². The number of aryl methyl sites for hydroxylation is 1. The molecular weight excluding hydrogens is 1210 g/mol. The van der Waals surface area contributed by atoms with E-state index < -0.39 is 0 Å². The number of rotatable bonds is 15. The third-order valence-corrected chi connectivity index (χ3v) is 18.2. The normalized spacial score (nSPS) is 15.8. The number of likely N-dealkylation sites (N-methyl/N-ethyl adjacent to an activating group) is 3. The first kappa shape index (κ1) is 61.4. The van der Waals surface area contributed by atoms with E-state index in [4.69, 9.17) is 50.1 Å². The Morgan fingerprint density at radius 1 is 0.407 bits per heavy atom. The van der Waals surface area contributed by atoms with Crippen LogP contribution in [0.1, 0.15) is 0 Å². The van der Waals surface area contributed by atoms with Gasteiger partial charge in [-0.1, -0.05) is 126 Å². The second-order valence-corrected chi connectivity index (χ2v) is 24.3. The summed E-state index contributed by atoms with van der Waals surface area (Å²) < 4.78 is 13.0. The topological polar surface area (TPSA) is 195 Å². The SMILES string of the molecule is CN1CCN(CCn2nc(-c3ccccc3)c3c(Cl)c(-n4ccc[n+]4C)nnc32)CC1.CN1CCN(CCn2nc(-c3ccccc3)c3c(Cl)c(-n4cccn4)nnc32)CC1.CN1CCN(CCn2nc(-c3ccccc3)c3c(Cl)c(-n4ccnc4)nnc32)CC1. The smallest absolute Gasteiger partial charge is 0.233 e. The minimum Gasteiger partial charge on any atom is -0.304 e. The molecule has 0 unspecified atom stereocenters. The van der Waals surface area contributed by atoms with Gasteiger partial charge in [-0.3, -0.25) is 19.3 Å². The van der Waals surface area contributed by atoms with E-state index in [1.54, 1.807) is 28.0 Å². The summed E-state index contributed by atoms with van der Waals surface area (Å²) in [6.07, 6.45) is 12.5. The number of aromatic nitrogens is 18. The molecule has 9 aromatic heterocycles. The van der Waals surface area contributed by atoms with Crippen LogP contribution < -0.4 is 4.68 Å². The van der Waals surface area contributed by atoms with Crippen LogP contribution in [-0.2, 0) is 26.7 Å². The first-order valence-corrected chi connectivity index (χ1v) is 31.9. The Morgan fingerprint density at radius 3 is 1.18 bits per heavy atom. The Morgan fingerprint density at radius 2 is 0.802 bits per heavy atom. The summed E-state index contributed by atoms with van der Waals surface area (Å²) in [5.41, 5.74) is 7.63. The van der Waals surface area contributed by atoms with Crippen LogP contribution in [0.4, 0.5) is 0 Å². The molecule has 12 heterocycles. The predicted molar refractivity (Wildman–Crippen MR) is 354 cm³/mol. The lowest BCUT2D eigenvalue weighted by molar-refractivity contribution is -0.744. The first-order chi connectivity index (χ1) is 44.5. The molecule has 0 atom stereocenters. The van der Waals surface area contributed by atoms with Crippen LogP contribution in [0.5, 0.6) is 0 Å². The Balaban J connectivity index is 0.000000125. The fourth-order valence-electron chi connectivity index (χ4n) is 11.7. The number of hydrogen-bond acceptors (Lipinski definition) is 17. The zero-order valence-corrected chi connectivity index (χ0v) is 53.7. The van der Waals surface area contributed by atoms with Crippen molar-refractivity contribution in [1.29, 1.82) is 0 Å². The predicted octanol–water partition coefficient (Wildman–Crippen LogP) is 7.17. The van der Waals surface area contributed by atoms with Gasteiger partial charge in [0, 0.05) is 146 Å². The highest BCUT2D eigenvalue weighted by atomic mass is 35.5. The second-order valence-electron chi connectivity index (χ2n) is 23.2. The summed E-state index contributed by atoms with van der Waals surface area (Å²) in [6, 6.07) is 34.1. The third kappa shape index (κ3) is 13.5. The van der Waals surface area contributed by atoms with Crippen LogP contribution in [0.2, 0.25) is 15.1 Å². The molecule has 27 heteroatoms. The number of imidazole rings is 1. The van der Waals surface area contributed by atoms with Gasteiger partial charge in [0.2, 0.25) is 5.82 Å². The highest BCUT2D eigenvalue weighted by Crippen LogP contribution is 2.38. The summed E-state index contributed by atoms with van der Waals surface area (Å²) in [4.78, 5) is 18.6. The Hall–Kier alpha value is -8.43. The summed E-state index contributed by atoms with van der Waals surface area (Å²) in [5.74, 6) is 1.65. The van der Waals surface area contributed by atoms with Crippen LogP contribution in [0, 0.1) is 0 Å². The molecule has 3 aliphatic rings. The summed E-state index contributed by atoms with van der Waals surface area (Å²) >= 11 is 20.6. The molecule has 24 nitrogen and oxygen atoms in total. The van der Waals surface area contributed by atoms with Crippen LogP contribution in [0.25, 0.3) is 84.3 Å². The van der Waals surface area contributed by atoms with Gasteiger partial charge >= 0.3 is 0 Å². The summed E-state index contributed by atoms with van der Waals surface area (Å²) in [6.45, 7) is 17.9. The van der Waals surface area contributed by atoms with Crippen molar-refractivity contribution in [1.82, 2.24) is 113 Å². The quantitative estimate of drug-likeness (QED) is 0.0937. The molecule has 3 fully saturated rings. The van der Waals surface area contributed by atoms with E-state index >= 15 is 0 Å². The van der Waals surface area contributed by atoms with Crippen LogP contribution in [0.15, 0.2) is 147 Å². The number of halogens is 3. The zero-order valence-electron chi connectivity index (χ0n) is 51.5. The monoisotopic (exact) mass is 1280 g/mol. The number of nitrogens with zero attached hydrogens (tertiary/aromatic N) is 24. The van der Waals surface area contributed by atoms with Crippen molar-refractivity contribution in [2.24, 2.45) is 7.05 Å². The molecular formula is C64H72Cl3N24+. The molecule has 15 rings (SSSR count). The highest BCUT2D eigenvalue weighted by Gasteiger charge is 2.27. The molecule has 0 N–H and O–H groups in total. The fraction of sp³-hybridized carbons (Fsp3) is 0.344.